The highest BCUT2D eigenvalue weighted by Crippen LogP contribution is 2.32. The number of para-hydroxylation sites is 1. The molecule has 2 heterocycles. The summed E-state index contributed by atoms with van der Waals surface area (Å²) in [6.45, 7) is -0.0153. The van der Waals surface area contributed by atoms with Gasteiger partial charge in [-0.15, -0.1) is 0 Å². The second-order valence-corrected chi connectivity index (χ2v) is 5.57. The molecule has 4 rings (SSSR count). The highest BCUT2D eigenvalue weighted by atomic mass is 16.7. The summed E-state index contributed by atoms with van der Waals surface area (Å²) in [7, 11) is 0. The van der Waals surface area contributed by atoms with Crippen molar-refractivity contribution in [3.8, 4) is 11.5 Å². The molecular formula is C18H15N5O4. The van der Waals surface area contributed by atoms with E-state index in [0.717, 1.165) is 5.69 Å². The smallest absolute Gasteiger partial charge is 0.338 e. The average molecular weight is 365 g/mol. The van der Waals surface area contributed by atoms with Crippen LogP contribution in [0.25, 0.3) is 0 Å². The van der Waals surface area contributed by atoms with E-state index >= 15 is 0 Å². The van der Waals surface area contributed by atoms with E-state index in [9.17, 15) is 4.79 Å². The van der Waals surface area contributed by atoms with E-state index in [0.29, 0.717) is 17.1 Å². The van der Waals surface area contributed by atoms with Gasteiger partial charge in [-0.1, -0.05) is 18.2 Å². The fraction of sp³-hybridized carbons (Fsp3) is 0.111. The Balaban J connectivity index is 1.44. The van der Waals surface area contributed by atoms with Crippen LogP contribution in [0.3, 0.4) is 0 Å². The number of hydrogen-bond donors (Lipinski definition) is 2. The molecule has 1 aromatic heterocycles. The van der Waals surface area contributed by atoms with Gasteiger partial charge < -0.3 is 25.3 Å². The van der Waals surface area contributed by atoms with E-state index in [1.807, 2.05) is 30.3 Å². The molecule has 136 valence electrons. The van der Waals surface area contributed by atoms with Gasteiger partial charge in [0.05, 0.1) is 5.56 Å². The lowest BCUT2D eigenvalue weighted by Crippen LogP contribution is -2.11. The second kappa shape index (κ2) is 7.16. The first-order valence-corrected chi connectivity index (χ1v) is 8.07. The number of esters is 1. The number of nitrogens with zero attached hydrogens (tertiary/aromatic N) is 3. The zero-order valence-corrected chi connectivity index (χ0v) is 14.1. The van der Waals surface area contributed by atoms with Crippen LogP contribution < -0.4 is 20.5 Å². The molecule has 1 aliphatic rings. The van der Waals surface area contributed by atoms with Gasteiger partial charge in [0.25, 0.3) is 0 Å². The fourth-order valence-electron chi connectivity index (χ4n) is 2.45. The van der Waals surface area contributed by atoms with Crippen molar-refractivity contribution in [1.82, 2.24) is 15.0 Å². The number of hydrogen-bond acceptors (Lipinski definition) is 9. The highest BCUT2D eigenvalue weighted by Gasteiger charge is 2.17. The molecule has 0 unspecified atom stereocenters. The Labute approximate surface area is 154 Å². The number of aromatic nitrogens is 3. The summed E-state index contributed by atoms with van der Waals surface area (Å²) in [4.78, 5) is 24.5. The number of anilines is 3. The van der Waals surface area contributed by atoms with Crippen molar-refractivity contribution in [3.63, 3.8) is 0 Å². The molecule has 0 bridgehead atoms. The van der Waals surface area contributed by atoms with E-state index < -0.39 is 5.97 Å². The van der Waals surface area contributed by atoms with Crippen molar-refractivity contribution in [2.24, 2.45) is 0 Å². The lowest BCUT2D eigenvalue weighted by Gasteiger charge is -2.08. The normalized spacial score (nSPS) is 11.9. The van der Waals surface area contributed by atoms with E-state index in [1.165, 1.54) is 0 Å². The zero-order valence-electron chi connectivity index (χ0n) is 14.1. The second-order valence-electron chi connectivity index (χ2n) is 5.57. The van der Waals surface area contributed by atoms with E-state index in [4.69, 9.17) is 19.9 Å². The lowest BCUT2D eigenvalue weighted by molar-refractivity contribution is 0.0462. The number of nitrogens with one attached hydrogen (secondary N) is 1. The first kappa shape index (κ1) is 16.6. The number of carbonyl (C=O) groups is 1. The van der Waals surface area contributed by atoms with Gasteiger partial charge in [-0.3, -0.25) is 0 Å². The first-order chi connectivity index (χ1) is 13.2. The third kappa shape index (κ3) is 3.87. The fourth-order valence-corrected chi connectivity index (χ4v) is 2.45. The van der Waals surface area contributed by atoms with Gasteiger partial charge >= 0.3 is 5.97 Å². The summed E-state index contributed by atoms with van der Waals surface area (Å²) in [6, 6.07) is 14.2. The molecule has 0 saturated heterocycles. The summed E-state index contributed by atoms with van der Waals surface area (Å²) in [5.74, 6) is 1.08. The summed E-state index contributed by atoms with van der Waals surface area (Å²) >= 11 is 0. The standard InChI is InChI=1S/C18H15N5O4/c19-17-21-15(22-18(23-17)20-12-4-2-1-3-5-12)9-25-16(24)11-6-7-13-14(8-11)27-10-26-13/h1-8H,9-10H2,(H3,19,20,21,22,23). The number of fused-ring (bicyclic) bond motifs is 1. The predicted octanol–water partition coefficient (Wildman–Crippen LogP) is 2.28. The summed E-state index contributed by atoms with van der Waals surface area (Å²) in [5, 5.41) is 3.02. The van der Waals surface area contributed by atoms with Gasteiger partial charge in [-0.05, 0) is 30.3 Å². The summed E-state index contributed by atoms with van der Waals surface area (Å²) in [5.41, 5.74) is 6.85. The van der Waals surface area contributed by atoms with Crippen LogP contribution in [0, 0.1) is 0 Å². The maximum atomic E-state index is 12.2. The van der Waals surface area contributed by atoms with Gasteiger partial charge in [0.2, 0.25) is 18.7 Å². The first-order valence-electron chi connectivity index (χ1n) is 8.07. The van der Waals surface area contributed by atoms with Crippen molar-refractivity contribution in [2.45, 2.75) is 6.61 Å². The molecule has 0 saturated carbocycles. The van der Waals surface area contributed by atoms with Crippen molar-refractivity contribution in [3.05, 3.63) is 59.9 Å². The van der Waals surface area contributed by atoms with Crippen molar-refractivity contribution in [2.75, 3.05) is 17.8 Å². The van der Waals surface area contributed by atoms with Crippen LogP contribution in [0.2, 0.25) is 0 Å². The van der Waals surface area contributed by atoms with Gasteiger partial charge in [-0.25, -0.2) is 4.79 Å². The number of nitrogen functional groups attached to an aromatic ring is 1. The number of carbonyl (C=O) groups excluding carboxylic acids is 1. The molecule has 3 aromatic rings. The highest BCUT2D eigenvalue weighted by molar-refractivity contribution is 5.90. The summed E-state index contributed by atoms with van der Waals surface area (Å²) < 4.78 is 15.7. The Morgan fingerprint density at radius 1 is 1.07 bits per heavy atom. The molecule has 0 amide bonds. The van der Waals surface area contributed by atoms with Gasteiger partial charge in [0.1, 0.15) is 0 Å². The third-order valence-electron chi connectivity index (χ3n) is 3.67. The predicted molar refractivity (Wildman–Crippen MR) is 95.6 cm³/mol. The van der Waals surface area contributed by atoms with Crippen molar-refractivity contribution in [1.29, 1.82) is 0 Å². The SMILES string of the molecule is Nc1nc(COC(=O)c2ccc3c(c2)OCO3)nc(Nc2ccccc2)n1. The number of rotatable bonds is 5. The minimum atomic E-state index is -0.537. The quantitative estimate of drug-likeness (QED) is 0.656. The van der Waals surface area contributed by atoms with Gasteiger partial charge in [0.15, 0.2) is 23.9 Å². The molecular weight excluding hydrogens is 350 g/mol. The zero-order chi connectivity index (χ0) is 18.6. The van der Waals surface area contributed by atoms with Crippen LogP contribution in [-0.4, -0.2) is 27.7 Å². The molecule has 1 aliphatic heterocycles. The molecule has 0 fully saturated rings. The Kier molecular flexibility index (Phi) is 4.40. The average Bonchev–Trinajstić information content (AvgIpc) is 3.14. The molecule has 0 spiro atoms. The number of benzene rings is 2. The number of ether oxygens (including phenoxy) is 3. The Morgan fingerprint density at radius 2 is 1.89 bits per heavy atom. The molecule has 0 atom stereocenters. The van der Waals surface area contributed by atoms with E-state index in [2.05, 4.69) is 20.3 Å². The van der Waals surface area contributed by atoms with Crippen molar-refractivity contribution < 1.29 is 19.0 Å². The minimum Gasteiger partial charge on any atom is -0.454 e. The maximum absolute atomic E-state index is 12.2. The monoisotopic (exact) mass is 365 g/mol. The van der Waals surface area contributed by atoms with Crippen LogP contribution in [-0.2, 0) is 11.3 Å². The van der Waals surface area contributed by atoms with Crippen molar-refractivity contribution >= 4 is 23.6 Å². The molecule has 2 aromatic carbocycles. The molecule has 0 aliphatic carbocycles. The van der Waals surface area contributed by atoms with Crippen LogP contribution in [0.4, 0.5) is 17.6 Å². The largest absolute Gasteiger partial charge is 0.454 e. The number of nitrogens with two attached hydrogens (primary N) is 1. The van der Waals surface area contributed by atoms with Crippen LogP contribution >= 0.6 is 0 Å². The summed E-state index contributed by atoms with van der Waals surface area (Å²) in [6.07, 6.45) is 0. The third-order valence-corrected chi connectivity index (χ3v) is 3.67. The minimum absolute atomic E-state index is 0.0255. The van der Waals surface area contributed by atoms with Gasteiger partial charge in [-0.2, -0.15) is 15.0 Å². The molecule has 27 heavy (non-hydrogen) atoms. The van der Waals surface area contributed by atoms with E-state index in [1.54, 1.807) is 18.2 Å². The molecule has 9 nitrogen and oxygen atoms in total. The lowest BCUT2D eigenvalue weighted by atomic mass is 10.2. The molecule has 3 N–H and O–H groups in total. The molecule has 0 radical (unpaired) electrons. The van der Waals surface area contributed by atoms with Crippen LogP contribution in [0.5, 0.6) is 11.5 Å². The van der Waals surface area contributed by atoms with E-state index in [-0.39, 0.29) is 31.1 Å². The Bertz CT molecular complexity index is 981. The van der Waals surface area contributed by atoms with Crippen LogP contribution in [0.1, 0.15) is 16.2 Å². The maximum Gasteiger partial charge on any atom is 0.338 e. The van der Waals surface area contributed by atoms with Crippen LogP contribution in [0.15, 0.2) is 48.5 Å². The van der Waals surface area contributed by atoms with Gasteiger partial charge in [0, 0.05) is 5.69 Å². The topological polar surface area (TPSA) is 121 Å². The molecule has 9 heteroatoms. The Hall–Kier alpha value is -3.88. The Morgan fingerprint density at radius 3 is 2.74 bits per heavy atom.